The molecule has 0 radical (unpaired) electrons. The third-order valence-corrected chi connectivity index (χ3v) is 3.67. The number of aliphatic imine (C=N–C) groups is 1. The van der Waals surface area contributed by atoms with E-state index in [9.17, 15) is 4.79 Å². The van der Waals surface area contributed by atoms with Crippen LogP contribution in [-0.4, -0.2) is 23.1 Å². The third-order valence-electron chi connectivity index (χ3n) is 3.17. The van der Waals surface area contributed by atoms with Crippen molar-refractivity contribution in [2.45, 2.75) is 13.5 Å². The number of nitrogens with two attached hydrogens (primary N) is 2. The molecule has 7 heteroatoms. The maximum absolute atomic E-state index is 12.3. The number of carbonyl (C=O) groups excluding carboxylic acids is 1. The molecule has 1 aromatic heterocycles. The van der Waals surface area contributed by atoms with E-state index in [1.807, 2.05) is 29.8 Å². The lowest BCUT2D eigenvalue weighted by atomic mass is 10.1. The number of hydrogen-bond acceptors (Lipinski definition) is 3. The maximum atomic E-state index is 12.3. The Balaban J connectivity index is 2.68. The first-order valence-corrected chi connectivity index (χ1v) is 7.24. The average molecular weight is 353 g/mol. The van der Waals surface area contributed by atoms with E-state index in [0.29, 0.717) is 12.2 Å². The van der Waals surface area contributed by atoms with Gasteiger partial charge in [0.05, 0.1) is 29.9 Å². The van der Waals surface area contributed by atoms with Gasteiger partial charge in [0.1, 0.15) is 0 Å². The van der Waals surface area contributed by atoms with Crippen LogP contribution in [0.4, 0.5) is 0 Å². The highest BCUT2D eigenvalue weighted by atomic mass is 79.9. The minimum Gasteiger partial charge on any atom is -0.462 e. The Labute approximate surface area is 130 Å². The van der Waals surface area contributed by atoms with Crippen LogP contribution in [0, 0.1) is 0 Å². The Bertz CT molecular complexity index is 717. The molecule has 0 atom stereocenters. The summed E-state index contributed by atoms with van der Waals surface area (Å²) in [6, 6.07) is 5.71. The molecular formula is C14H17BrN4O2. The van der Waals surface area contributed by atoms with Crippen molar-refractivity contribution in [1.82, 2.24) is 4.57 Å². The number of guanidine groups is 1. The van der Waals surface area contributed by atoms with E-state index < -0.39 is 0 Å². The number of carbonyl (C=O) groups is 1. The Kier molecular flexibility index (Phi) is 4.52. The monoisotopic (exact) mass is 352 g/mol. The summed E-state index contributed by atoms with van der Waals surface area (Å²) in [6.07, 6.45) is 0. The fourth-order valence-corrected chi connectivity index (χ4v) is 2.59. The van der Waals surface area contributed by atoms with Gasteiger partial charge in [-0.2, -0.15) is 0 Å². The van der Waals surface area contributed by atoms with Crippen molar-refractivity contribution in [1.29, 1.82) is 0 Å². The quantitative estimate of drug-likeness (QED) is 0.498. The number of esters is 1. The molecule has 0 aliphatic carbocycles. The zero-order valence-corrected chi connectivity index (χ0v) is 13.5. The molecule has 112 valence electrons. The van der Waals surface area contributed by atoms with E-state index in [4.69, 9.17) is 16.2 Å². The molecule has 0 spiro atoms. The minimum absolute atomic E-state index is 0.0174. The Morgan fingerprint density at radius 1 is 1.43 bits per heavy atom. The molecule has 2 rings (SSSR count). The zero-order valence-electron chi connectivity index (χ0n) is 11.9. The standard InChI is InChI=1S/C14H17BrN4O2/c1-3-21-13(20)12-9-5-4-8(15)6-10(9)19(2)11(12)7-18-14(16)17/h4-6H,3,7H2,1-2H3,(H4,16,17,18). The van der Waals surface area contributed by atoms with Crippen LogP contribution in [-0.2, 0) is 18.3 Å². The normalized spacial score (nSPS) is 10.6. The Hall–Kier alpha value is -2.02. The summed E-state index contributed by atoms with van der Waals surface area (Å²) in [5.41, 5.74) is 12.9. The van der Waals surface area contributed by atoms with E-state index in [0.717, 1.165) is 21.1 Å². The fraction of sp³-hybridized carbons (Fsp3) is 0.286. The first-order valence-electron chi connectivity index (χ1n) is 6.45. The molecule has 1 aromatic carbocycles. The van der Waals surface area contributed by atoms with Gasteiger partial charge in [0.15, 0.2) is 5.96 Å². The van der Waals surface area contributed by atoms with Gasteiger partial charge in [-0.1, -0.05) is 22.0 Å². The Morgan fingerprint density at radius 3 is 2.76 bits per heavy atom. The largest absolute Gasteiger partial charge is 0.462 e. The van der Waals surface area contributed by atoms with Crippen molar-refractivity contribution in [3.63, 3.8) is 0 Å². The molecule has 1 heterocycles. The van der Waals surface area contributed by atoms with Crippen molar-refractivity contribution in [2.75, 3.05) is 6.61 Å². The van der Waals surface area contributed by atoms with Crippen LogP contribution < -0.4 is 11.5 Å². The van der Waals surface area contributed by atoms with Gasteiger partial charge in [-0.15, -0.1) is 0 Å². The molecule has 0 saturated carbocycles. The van der Waals surface area contributed by atoms with Gasteiger partial charge in [-0.3, -0.25) is 0 Å². The maximum Gasteiger partial charge on any atom is 0.340 e. The number of rotatable bonds is 4. The molecule has 0 fully saturated rings. The number of halogens is 1. The number of ether oxygens (including phenoxy) is 1. The first kappa shape index (κ1) is 15.4. The van der Waals surface area contributed by atoms with Crippen LogP contribution in [0.5, 0.6) is 0 Å². The fourth-order valence-electron chi connectivity index (χ4n) is 2.24. The molecule has 21 heavy (non-hydrogen) atoms. The van der Waals surface area contributed by atoms with E-state index in [-0.39, 0.29) is 18.5 Å². The second kappa shape index (κ2) is 6.17. The molecule has 0 unspecified atom stereocenters. The van der Waals surface area contributed by atoms with Crippen molar-refractivity contribution in [3.05, 3.63) is 33.9 Å². The first-order chi connectivity index (χ1) is 9.95. The number of benzene rings is 1. The van der Waals surface area contributed by atoms with Crippen molar-refractivity contribution in [3.8, 4) is 0 Å². The van der Waals surface area contributed by atoms with Gasteiger partial charge < -0.3 is 20.8 Å². The molecule has 0 aliphatic heterocycles. The highest BCUT2D eigenvalue weighted by molar-refractivity contribution is 9.10. The van der Waals surface area contributed by atoms with E-state index in [1.54, 1.807) is 6.92 Å². The topological polar surface area (TPSA) is 95.6 Å². The third kappa shape index (κ3) is 3.02. The molecule has 4 N–H and O–H groups in total. The number of aryl methyl sites for hydroxylation is 1. The summed E-state index contributed by atoms with van der Waals surface area (Å²) < 4.78 is 7.98. The van der Waals surface area contributed by atoms with Gasteiger partial charge in [0.2, 0.25) is 0 Å². The van der Waals surface area contributed by atoms with Crippen LogP contribution in [0.3, 0.4) is 0 Å². The Morgan fingerprint density at radius 2 is 2.14 bits per heavy atom. The van der Waals surface area contributed by atoms with Crippen LogP contribution in [0.2, 0.25) is 0 Å². The van der Waals surface area contributed by atoms with E-state index >= 15 is 0 Å². The van der Waals surface area contributed by atoms with Gasteiger partial charge in [0, 0.05) is 16.9 Å². The number of fused-ring (bicyclic) bond motifs is 1. The molecular weight excluding hydrogens is 336 g/mol. The number of nitrogens with zero attached hydrogens (tertiary/aromatic N) is 2. The molecule has 6 nitrogen and oxygen atoms in total. The minimum atomic E-state index is -0.369. The smallest absolute Gasteiger partial charge is 0.340 e. The lowest BCUT2D eigenvalue weighted by molar-refractivity contribution is 0.0527. The highest BCUT2D eigenvalue weighted by Crippen LogP contribution is 2.29. The SMILES string of the molecule is CCOC(=O)c1c(CN=C(N)N)n(C)c2cc(Br)ccc12. The highest BCUT2D eigenvalue weighted by Gasteiger charge is 2.22. The average Bonchev–Trinajstić information content (AvgIpc) is 2.69. The van der Waals surface area contributed by atoms with Gasteiger partial charge >= 0.3 is 5.97 Å². The molecule has 0 amide bonds. The summed E-state index contributed by atoms with van der Waals surface area (Å²) >= 11 is 3.43. The van der Waals surface area contributed by atoms with Crippen LogP contribution >= 0.6 is 15.9 Å². The van der Waals surface area contributed by atoms with Crippen LogP contribution in [0.25, 0.3) is 10.9 Å². The molecule has 0 saturated heterocycles. The van der Waals surface area contributed by atoms with Gasteiger partial charge in [0.25, 0.3) is 0 Å². The summed E-state index contributed by atoms with van der Waals surface area (Å²) in [5.74, 6) is -0.387. The number of hydrogen-bond donors (Lipinski definition) is 2. The molecule has 0 bridgehead atoms. The van der Waals surface area contributed by atoms with E-state index in [1.165, 1.54) is 0 Å². The van der Waals surface area contributed by atoms with Crippen molar-refractivity contribution in [2.24, 2.45) is 23.5 Å². The zero-order chi connectivity index (χ0) is 15.6. The van der Waals surface area contributed by atoms with Crippen molar-refractivity contribution >= 4 is 38.8 Å². The number of aromatic nitrogens is 1. The summed E-state index contributed by atoms with van der Waals surface area (Å²) in [5, 5.41) is 0.819. The predicted molar refractivity (Wildman–Crippen MR) is 86.1 cm³/mol. The lowest BCUT2D eigenvalue weighted by Gasteiger charge is -2.05. The predicted octanol–water partition coefficient (Wildman–Crippen LogP) is 1.89. The van der Waals surface area contributed by atoms with Crippen LogP contribution in [0.15, 0.2) is 27.7 Å². The summed E-state index contributed by atoms with van der Waals surface area (Å²) in [7, 11) is 1.87. The molecule has 0 aliphatic rings. The van der Waals surface area contributed by atoms with Gasteiger partial charge in [-0.05, 0) is 19.1 Å². The van der Waals surface area contributed by atoms with Gasteiger partial charge in [-0.25, -0.2) is 9.79 Å². The summed E-state index contributed by atoms with van der Waals surface area (Å²) in [6.45, 7) is 2.31. The second-order valence-corrected chi connectivity index (χ2v) is 5.42. The van der Waals surface area contributed by atoms with Crippen molar-refractivity contribution < 1.29 is 9.53 Å². The second-order valence-electron chi connectivity index (χ2n) is 4.50. The van der Waals surface area contributed by atoms with E-state index in [2.05, 4.69) is 20.9 Å². The van der Waals surface area contributed by atoms with Crippen LogP contribution in [0.1, 0.15) is 23.0 Å². The lowest BCUT2D eigenvalue weighted by Crippen LogP contribution is -2.23. The molecule has 2 aromatic rings. The summed E-state index contributed by atoms with van der Waals surface area (Å²) in [4.78, 5) is 16.3.